The van der Waals surface area contributed by atoms with Crippen LogP contribution in [-0.2, 0) is 4.79 Å². The molecule has 2 amide bonds. The molecule has 8 heteroatoms. The predicted molar refractivity (Wildman–Crippen MR) is 124 cm³/mol. The Labute approximate surface area is 193 Å². The molecule has 1 N–H and O–H groups in total. The van der Waals surface area contributed by atoms with Crippen LogP contribution in [0.2, 0.25) is 0 Å². The number of carbonyl (C=O) groups is 2. The Morgan fingerprint density at radius 2 is 1.70 bits per heavy atom. The molecule has 1 aliphatic rings. The van der Waals surface area contributed by atoms with Crippen molar-refractivity contribution < 1.29 is 14.0 Å². The molecule has 0 spiro atoms. The van der Waals surface area contributed by atoms with Gasteiger partial charge in [-0.25, -0.2) is 9.07 Å². The number of hydrogen-bond acceptors (Lipinski definition) is 3. The predicted octanol–water partition coefficient (Wildman–Crippen LogP) is 3.82. The van der Waals surface area contributed by atoms with Crippen molar-refractivity contribution in [1.29, 1.82) is 0 Å². The summed E-state index contributed by atoms with van der Waals surface area (Å²) in [6.07, 6.45) is 6.52. The molecule has 3 heterocycles. The number of nitrogens with one attached hydrogen (secondary N) is 1. The Morgan fingerprint density at radius 3 is 2.30 bits per heavy atom. The first-order valence-electron chi connectivity index (χ1n) is 11.4. The Morgan fingerprint density at radius 1 is 1.06 bits per heavy atom. The average Bonchev–Trinajstić information content (AvgIpc) is 3.49. The normalized spacial score (nSPS) is 15.6. The number of likely N-dealkylation sites (tertiary alicyclic amines) is 1. The van der Waals surface area contributed by atoms with E-state index < -0.39 is 0 Å². The molecule has 0 aliphatic carbocycles. The average molecular weight is 452 g/mol. The molecule has 1 aliphatic heterocycles. The van der Waals surface area contributed by atoms with Crippen molar-refractivity contribution in [3.05, 3.63) is 66.4 Å². The van der Waals surface area contributed by atoms with Crippen LogP contribution in [0.1, 0.15) is 44.0 Å². The van der Waals surface area contributed by atoms with Gasteiger partial charge in [-0.2, -0.15) is 5.10 Å². The molecule has 0 radical (unpaired) electrons. The van der Waals surface area contributed by atoms with Gasteiger partial charge in [-0.1, -0.05) is 13.8 Å². The van der Waals surface area contributed by atoms with Crippen molar-refractivity contribution in [1.82, 2.24) is 24.6 Å². The number of amides is 2. The van der Waals surface area contributed by atoms with Gasteiger partial charge in [0.1, 0.15) is 11.4 Å². The Balaban J connectivity index is 1.52. The largest absolute Gasteiger partial charge is 0.353 e. The van der Waals surface area contributed by atoms with Gasteiger partial charge in [-0.05, 0) is 62.1 Å². The summed E-state index contributed by atoms with van der Waals surface area (Å²) >= 11 is 0. The third kappa shape index (κ3) is 4.84. The second-order valence-corrected chi connectivity index (χ2v) is 8.97. The lowest BCUT2D eigenvalue weighted by atomic mass is 9.94. The second-order valence-electron chi connectivity index (χ2n) is 8.97. The van der Waals surface area contributed by atoms with Gasteiger partial charge in [0.25, 0.3) is 5.91 Å². The molecular formula is C25H30FN5O2. The zero-order valence-electron chi connectivity index (χ0n) is 19.2. The molecule has 3 aromatic rings. The summed E-state index contributed by atoms with van der Waals surface area (Å²) in [6, 6.07) is 9.87. The van der Waals surface area contributed by atoms with E-state index >= 15 is 0 Å². The molecule has 1 atom stereocenters. The van der Waals surface area contributed by atoms with E-state index in [2.05, 4.69) is 24.3 Å². The quantitative estimate of drug-likeness (QED) is 0.619. The van der Waals surface area contributed by atoms with Gasteiger partial charge in [0.2, 0.25) is 5.91 Å². The van der Waals surface area contributed by atoms with E-state index in [0.29, 0.717) is 48.9 Å². The number of aromatic nitrogens is 3. The summed E-state index contributed by atoms with van der Waals surface area (Å²) in [4.78, 5) is 27.8. The maximum Gasteiger partial charge on any atom is 0.259 e. The summed E-state index contributed by atoms with van der Waals surface area (Å²) in [6.45, 7) is 7.21. The van der Waals surface area contributed by atoms with Gasteiger partial charge in [0, 0.05) is 37.4 Å². The highest BCUT2D eigenvalue weighted by atomic mass is 19.1. The molecule has 1 fully saturated rings. The SMILES string of the molecule is CC(C)C(C)NC(=O)C1CCN(C(=O)c2cnn(-c3ccc(F)cc3)c2-n2cccc2)CC1. The molecule has 1 saturated heterocycles. The van der Waals surface area contributed by atoms with Crippen LogP contribution < -0.4 is 5.32 Å². The molecule has 0 bridgehead atoms. The van der Waals surface area contributed by atoms with Crippen LogP contribution in [0.3, 0.4) is 0 Å². The first-order chi connectivity index (χ1) is 15.8. The topological polar surface area (TPSA) is 72.2 Å². The number of hydrogen-bond donors (Lipinski definition) is 1. The van der Waals surface area contributed by atoms with E-state index in [1.807, 2.05) is 36.0 Å². The van der Waals surface area contributed by atoms with E-state index in [-0.39, 0.29) is 29.6 Å². The summed E-state index contributed by atoms with van der Waals surface area (Å²) in [5.74, 6) is 0.505. The molecular weight excluding hydrogens is 421 g/mol. The van der Waals surface area contributed by atoms with Crippen LogP contribution in [0, 0.1) is 17.7 Å². The minimum absolute atomic E-state index is 0.0699. The van der Waals surface area contributed by atoms with E-state index in [1.165, 1.54) is 12.1 Å². The molecule has 2 aromatic heterocycles. The fourth-order valence-electron chi connectivity index (χ4n) is 4.01. The van der Waals surface area contributed by atoms with Crippen molar-refractivity contribution in [2.24, 2.45) is 11.8 Å². The van der Waals surface area contributed by atoms with Gasteiger partial charge in [-0.15, -0.1) is 0 Å². The van der Waals surface area contributed by atoms with E-state index in [1.54, 1.807) is 27.9 Å². The molecule has 33 heavy (non-hydrogen) atoms. The van der Waals surface area contributed by atoms with Crippen molar-refractivity contribution in [3.63, 3.8) is 0 Å². The Kier molecular flexibility index (Phi) is 6.62. The summed E-state index contributed by atoms with van der Waals surface area (Å²) in [7, 11) is 0. The second kappa shape index (κ2) is 9.60. The lowest BCUT2D eigenvalue weighted by Crippen LogP contribution is -2.45. The third-order valence-corrected chi connectivity index (χ3v) is 6.42. The van der Waals surface area contributed by atoms with Crippen LogP contribution in [0.15, 0.2) is 55.0 Å². The fourth-order valence-corrected chi connectivity index (χ4v) is 4.01. The molecule has 4 rings (SSSR count). The molecule has 7 nitrogen and oxygen atoms in total. The highest BCUT2D eigenvalue weighted by Crippen LogP contribution is 2.25. The number of rotatable bonds is 6. The number of piperidine rings is 1. The van der Waals surface area contributed by atoms with Crippen LogP contribution in [0.25, 0.3) is 11.5 Å². The number of halogens is 1. The van der Waals surface area contributed by atoms with Crippen molar-refractivity contribution in [2.45, 2.75) is 39.7 Å². The number of carbonyl (C=O) groups excluding carboxylic acids is 2. The fraction of sp³-hybridized carbons (Fsp3) is 0.400. The standard InChI is InChI=1S/C25H30FN5O2/c1-17(2)18(3)28-23(32)19-10-14-30(15-11-19)25(33)22-16-27-31(21-8-6-20(26)7-9-21)24(22)29-12-4-5-13-29/h4-9,12-13,16-19H,10-11,14-15H2,1-3H3,(H,28,32). The van der Waals surface area contributed by atoms with Gasteiger partial charge < -0.3 is 14.8 Å². The van der Waals surface area contributed by atoms with Crippen molar-refractivity contribution in [3.8, 4) is 11.5 Å². The third-order valence-electron chi connectivity index (χ3n) is 6.42. The monoisotopic (exact) mass is 451 g/mol. The first-order valence-corrected chi connectivity index (χ1v) is 11.4. The maximum atomic E-state index is 13.5. The Bertz CT molecular complexity index is 1100. The number of benzene rings is 1. The Hall–Kier alpha value is -3.42. The van der Waals surface area contributed by atoms with Crippen molar-refractivity contribution in [2.75, 3.05) is 13.1 Å². The molecule has 1 unspecified atom stereocenters. The highest BCUT2D eigenvalue weighted by molar-refractivity contribution is 5.97. The smallest absolute Gasteiger partial charge is 0.259 e. The van der Waals surface area contributed by atoms with Crippen molar-refractivity contribution >= 4 is 11.8 Å². The van der Waals surface area contributed by atoms with Crippen LogP contribution in [-0.4, -0.2) is 50.2 Å². The lowest BCUT2D eigenvalue weighted by molar-refractivity contribution is -0.127. The number of nitrogens with zero attached hydrogens (tertiary/aromatic N) is 4. The van der Waals surface area contributed by atoms with Gasteiger partial charge in [0.05, 0.1) is 11.9 Å². The van der Waals surface area contributed by atoms with E-state index in [9.17, 15) is 14.0 Å². The maximum absolute atomic E-state index is 13.5. The summed E-state index contributed by atoms with van der Waals surface area (Å²) in [5, 5.41) is 7.53. The summed E-state index contributed by atoms with van der Waals surface area (Å²) in [5.41, 5.74) is 1.13. The molecule has 1 aromatic carbocycles. The van der Waals surface area contributed by atoms with E-state index in [4.69, 9.17) is 0 Å². The minimum Gasteiger partial charge on any atom is -0.353 e. The van der Waals surface area contributed by atoms with E-state index in [0.717, 1.165) is 0 Å². The first kappa shape index (κ1) is 22.8. The van der Waals surface area contributed by atoms with Crippen LogP contribution >= 0.6 is 0 Å². The minimum atomic E-state index is -0.334. The molecule has 174 valence electrons. The van der Waals surface area contributed by atoms with Gasteiger partial charge in [0.15, 0.2) is 5.82 Å². The van der Waals surface area contributed by atoms with Crippen LogP contribution in [0.4, 0.5) is 4.39 Å². The highest BCUT2D eigenvalue weighted by Gasteiger charge is 2.31. The zero-order valence-corrected chi connectivity index (χ0v) is 19.2. The van der Waals surface area contributed by atoms with Gasteiger partial charge >= 0.3 is 0 Å². The zero-order chi connectivity index (χ0) is 23.5. The lowest BCUT2D eigenvalue weighted by Gasteiger charge is -2.32. The van der Waals surface area contributed by atoms with Crippen LogP contribution in [0.5, 0.6) is 0 Å². The summed E-state index contributed by atoms with van der Waals surface area (Å²) < 4.78 is 16.9. The van der Waals surface area contributed by atoms with Gasteiger partial charge in [-0.3, -0.25) is 9.59 Å². The molecule has 0 saturated carbocycles.